The fourth-order valence-corrected chi connectivity index (χ4v) is 2.18. The van der Waals surface area contributed by atoms with Crippen molar-refractivity contribution < 1.29 is 0 Å². The molecule has 0 aliphatic heterocycles. The Bertz CT molecular complexity index is 629. The first-order valence-electron chi connectivity index (χ1n) is 5.02. The quantitative estimate of drug-likeness (QED) is 0.621. The molecule has 78 valence electrons. The Labute approximate surface area is 98.1 Å². The lowest BCUT2D eigenvalue weighted by Crippen LogP contribution is -1.93. The minimum atomic E-state index is 0.715. The predicted molar refractivity (Wildman–Crippen MR) is 66.1 cm³/mol. The average Bonchev–Trinajstić information content (AvgIpc) is 2.66. The van der Waals surface area contributed by atoms with E-state index in [1.807, 2.05) is 34.9 Å². The van der Waals surface area contributed by atoms with E-state index in [-0.39, 0.29) is 0 Å². The summed E-state index contributed by atoms with van der Waals surface area (Å²) in [6.07, 6.45) is 3.53. The first kappa shape index (κ1) is 9.43. The standard InChI is InChI=1S/C13H9ClN2/c14-13-9-10-3-1-2-4-12(10)16(13)11-5-7-15-8-6-11/h1-9H. The third-order valence-corrected chi connectivity index (χ3v) is 2.86. The lowest BCUT2D eigenvalue weighted by atomic mass is 10.2. The van der Waals surface area contributed by atoms with Gasteiger partial charge in [-0.05, 0) is 24.3 Å². The minimum Gasteiger partial charge on any atom is -0.300 e. The van der Waals surface area contributed by atoms with Crippen LogP contribution in [0.5, 0.6) is 0 Å². The van der Waals surface area contributed by atoms with Crippen LogP contribution in [-0.4, -0.2) is 9.55 Å². The van der Waals surface area contributed by atoms with Crippen LogP contribution in [0, 0.1) is 0 Å². The Morgan fingerprint density at radius 2 is 1.75 bits per heavy atom. The first-order chi connectivity index (χ1) is 7.86. The van der Waals surface area contributed by atoms with Gasteiger partial charge in [0, 0.05) is 17.8 Å². The molecule has 0 spiro atoms. The summed E-state index contributed by atoms with van der Waals surface area (Å²) in [5.41, 5.74) is 2.14. The number of aromatic nitrogens is 2. The van der Waals surface area contributed by atoms with Gasteiger partial charge >= 0.3 is 0 Å². The molecular weight excluding hydrogens is 220 g/mol. The molecule has 0 amide bonds. The Morgan fingerprint density at radius 1 is 1.00 bits per heavy atom. The Balaban J connectivity index is 2.35. The fourth-order valence-electron chi connectivity index (χ4n) is 1.88. The van der Waals surface area contributed by atoms with Gasteiger partial charge in [-0.2, -0.15) is 0 Å². The van der Waals surface area contributed by atoms with Crippen LogP contribution in [-0.2, 0) is 0 Å². The van der Waals surface area contributed by atoms with Crippen molar-refractivity contribution in [2.45, 2.75) is 0 Å². The van der Waals surface area contributed by atoms with E-state index >= 15 is 0 Å². The van der Waals surface area contributed by atoms with Crippen molar-refractivity contribution in [2.24, 2.45) is 0 Å². The second-order valence-corrected chi connectivity index (χ2v) is 3.95. The topological polar surface area (TPSA) is 17.8 Å². The van der Waals surface area contributed by atoms with Gasteiger partial charge in [0.15, 0.2) is 0 Å². The Morgan fingerprint density at radius 3 is 2.56 bits per heavy atom. The summed E-state index contributed by atoms with van der Waals surface area (Å²) >= 11 is 6.24. The Kier molecular flexibility index (Phi) is 2.15. The van der Waals surface area contributed by atoms with Crippen molar-refractivity contribution in [1.29, 1.82) is 0 Å². The van der Waals surface area contributed by atoms with Crippen molar-refractivity contribution >= 4 is 22.5 Å². The highest BCUT2D eigenvalue weighted by atomic mass is 35.5. The molecule has 0 atom stereocenters. The molecule has 3 heteroatoms. The number of benzene rings is 1. The molecule has 2 heterocycles. The van der Waals surface area contributed by atoms with Gasteiger partial charge in [0.05, 0.1) is 11.2 Å². The van der Waals surface area contributed by atoms with Gasteiger partial charge in [0.2, 0.25) is 0 Å². The van der Waals surface area contributed by atoms with Crippen molar-refractivity contribution in [3.63, 3.8) is 0 Å². The highest BCUT2D eigenvalue weighted by molar-refractivity contribution is 6.31. The molecule has 0 aliphatic rings. The van der Waals surface area contributed by atoms with Gasteiger partial charge in [0.25, 0.3) is 0 Å². The SMILES string of the molecule is Clc1cc2ccccc2n1-c1ccncc1. The normalized spacial score (nSPS) is 10.8. The van der Waals surface area contributed by atoms with Crippen LogP contribution >= 0.6 is 11.6 Å². The molecule has 0 saturated heterocycles. The summed E-state index contributed by atoms with van der Waals surface area (Å²) in [5.74, 6) is 0. The maximum absolute atomic E-state index is 6.24. The van der Waals surface area contributed by atoms with Crippen molar-refractivity contribution in [2.75, 3.05) is 0 Å². The molecule has 2 aromatic heterocycles. The van der Waals surface area contributed by atoms with Gasteiger partial charge in [-0.15, -0.1) is 0 Å². The number of hydrogen-bond acceptors (Lipinski definition) is 1. The first-order valence-corrected chi connectivity index (χ1v) is 5.40. The Hall–Kier alpha value is -1.80. The van der Waals surface area contributed by atoms with Gasteiger partial charge in [-0.3, -0.25) is 4.98 Å². The number of pyridine rings is 1. The highest BCUT2D eigenvalue weighted by Crippen LogP contribution is 2.26. The van der Waals surface area contributed by atoms with Crippen LogP contribution in [0.1, 0.15) is 0 Å². The molecule has 3 rings (SSSR count). The van der Waals surface area contributed by atoms with E-state index in [9.17, 15) is 0 Å². The third-order valence-electron chi connectivity index (χ3n) is 2.59. The van der Waals surface area contributed by atoms with E-state index < -0.39 is 0 Å². The predicted octanol–water partition coefficient (Wildman–Crippen LogP) is 3.68. The maximum atomic E-state index is 6.24. The maximum Gasteiger partial charge on any atom is 0.114 e. The van der Waals surface area contributed by atoms with E-state index in [2.05, 4.69) is 17.1 Å². The van der Waals surface area contributed by atoms with E-state index in [1.165, 1.54) is 0 Å². The number of para-hydroxylation sites is 1. The summed E-state index contributed by atoms with van der Waals surface area (Å²) in [6.45, 7) is 0. The fraction of sp³-hybridized carbons (Fsp3) is 0. The van der Waals surface area contributed by atoms with Crippen LogP contribution in [0.15, 0.2) is 54.9 Å². The number of hydrogen-bond donors (Lipinski definition) is 0. The number of nitrogens with zero attached hydrogens (tertiary/aromatic N) is 2. The lowest BCUT2D eigenvalue weighted by Gasteiger charge is -2.05. The summed E-state index contributed by atoms with van der Waals surface area (Å²) in [6, 6.07) is 14.0. The second-order valence-electron chi connectivity index (χ2n) is 3.57. The molecule has 0 unspecified atom stereocenters. The lowest BCUT2D eigenvalue weighted by molar-refractivity contribution is 1.11. The van der Waals surface area contributed by atoms with Gasteiger partial charge < -0.3 is 4.57 Å². The largest absolute Gasteiger partial charge is 0.300 e. The summed E-state index contributed by atoms with van der Waals surface area (Å²) < 4.78 is 2.01. The third kappa shape index (κ3) is 1.39. The van der Waals surface area contributed by atoms with Crippen LogP contribution < -0.4 is 0 Å². The second kappa shape index (κ2) is 3.65. The van der Waals surface area contributed by atoms with E-state index in [1.54, 1.807) is 12.4 Å². The molecule has 0 fully saturated rings. The van der Waals surface area contributed by atoms with E-state index in [4.69, 9.17) is 11.6 Å². The van der Waals surface area contributed by atoms with E-state index in [0.29, 0.717) is 5.15 Å². The molecule has 0 radical (unpaired) electrons. The van der Waals surface area contributed by atoms with Crippen LogP contribution in [0.25, 0.3) is 16.6 Å². The van der Waals surface area contributed by atoms with Gasteiger partial charge in [0.1, 0.15) is 5.15 Å². The summed E-state index contributed by atoms with van der Waals surface area (Å²) in [5, 5.41) is 1.86. The minimum absolute atomic E-state index is 0.715. The average molecular weight is 229 g/mol. The molecule has 0 saturated carbocycles. The molecule has 3 aromatic rings. The molecule has 0 aliphatic carbocycles. The van der Waals surface area contributed by atoms with Gasteiger partial charge in [-0.25, -0.2) is 0 Å². The van der Waals surface area contributed by atoms with Gasteiger partial charge in [-0.1, -0.05) is 29.8 Å². The zero-order chi connectivity index (χ0) is 11.0. The van der Waals surface area contributed by atoms with Crippen LogP contribution in [0.3, 0.4) is 0 Å². The van der Waals surface area contributed by atoms with E-state index in [0.717, 1.165) is 16.6 Å². The number of fused-ring (bicyclic) bond motifs is 1. The molecule has 16 heavy (non-hydrogen) atoms. The zero-order valence-electron chi connectivity index (χ0n) is 8.47. The van der Waals surface area contributed by atoms with Crippen molar-refractivity contribution in [3.05, 3.63) is 60.0 Å². The summed E-state index contributed by atoms with van der Waals surface area (Å²) in [4.78, 5) is 4.01. The van der Waals surface area contributed by atoms with Crippen LogP contribution in [0.4, 0.5) is 0 Å². The zero-order valence-corrected chi connectivity index (χ0v) is 9.22. The van der Waals surface area contributed by atoms with Crippen molar-refractivity contribution in [3.8, 4) is 5.69 Å². The molecule has 2 nitrogen and oxygen atoms in total. The molecule has 0 N–H and O–H groups in total. The molecule has 0 bridgehead atoms. The molecular formula is C13H9ClN2. The summed E-state index contributed by atoms with van der Waals surface area (Å²) in [7, 11) is 0. The van der Waals surface area contributed by atoms with Crippen LogP contribution in [0.2, 0.25) is 5.15 Å². The number of rotatable bonds is 1. The van der Waals surface area contributed by atoms with Crippen molar-refractivity contribution in [1.82, 2.24) is 9.55 Å². The highest BCUT2D eigenvalue weighted by Gasteiger charge is 2.07. The number of halogens is 1. The smallest absolute Gasteiger partial charge is 0.114 e. The monoisotopic (exact) mass is 228 g/mol. The molecule has 1 aromatic carbocycles.